The Morgan fingerprint density at radius 2 is 2.31 bits per heavy atom. The molecule has 0 aliphatic heterocycles. The predicted octanol–water partition coefficient (Wildman–Crippen LogP) is 2.42. The summed E-state index contributed by atoms with van der Waals surface area (Å²) >= 11 is 0. The smallest absolute Gasteiger partial charge is 0.137 e. The molecule has 0 fully saturated rings. The van der Waals surface area contributed by atoms with Crippen molar-refractivity contribution >= 4 is 33.2 Å². The lowest BCUT2D eigenvalue weighted by atomic mass is 10.5. The van der Waals surface area contributed by atoms with Crippen molar-refractivity contribution in [2.45, 2.75) is 4.90 Å². The van der Waals surface area contributed by atoms with Crippen LogP contribution >= 0.6 is 21.6 Å². The highest BCUT2D eigenvalue weighted by atomic mass is 33.1. The van der Waals surface area contributed by atoms with Gasteiger partial charge in [-0.1, -0.05) is 13.2 Å². The van der Waals surface area contributed by atoms with Gasteiger partial charge in [-0.3, -0.25) is 0 Å². The van der Waals surface area contributed by atoms with Crippen molar-refractivity contribution in [1.29, 1.82) is 0 Å². The van der Waals surface area contributed by atoms with Gasteiger partial charge in [-0.05, 0) is 33.7 Å². The fourth-order valence-electron chi connectivity index (χ4n) is 0.781. The maximum atomic E-state index is 5.69. The number of aliphatic imine (C=N–C) groups is 1. The molecule has 0 spiro atoms. The topological polar surface area (TPSA) is 77.3 Å². The highest BCUT2D eigenvalue weighted by Gasteiger charge is 2.04. The third-order valence-corrected chi connectivity index (χ3v) is 3.96. The van der Waals surface area contributed by atoms with Crippen LogP contribution in [0.5, 0.6) is 0 Å². The Morgan fingerprint density at radius 1 is 1.56 bits per heavy atom. The van der Waals surface area contributed by atoms with Gasteiger partial charge in [0.15, 0.2) is 0 Å². The van der Waals surface area contributed by atoms with Gasteiger partial charge in [-0.15, -0.1) is 0 Å². The first-order valence-corrected chi connectivity index (χ1v) is 6.48. The Balaban J connectivity index is 2.59. The van der Waals surface area contributed by atoms with Crippen LogP contribution < -0.4 is 11.5 Å². The van der Waals surface area contributed by atoms with Gasteiger partial charge in [-0.25, -0.2) is 9.98 Å². The summed E-state index contributed by atoms with van der Waals surface area (Å²) in [4.78, 5) is 9.35. The number of hydrogen-bond donors (Lipinski definition) is 2. The third kappa shape index (κ3) is 3.63. The van der Waals surface area contributed by atoms with Crippen LogP contribution in [0.15, 0.2) is 52.5 Å². The number of nitrogens with zero attached hydrogens (tertiary/aromatic N) is 2. The summed E-state index contributed by atoms with van der Waals surface area (Å²) < 4.78 is 0. The molecule has 1 aromatic heterocycles. The maximum absolute atomic E-state index is 5.69. The molecule has 0 bridgehead atoms. The van der Waals surface area contributed by atoms with E-state index in [4.69, 9.17) is 11.5 Å². The zero-order valence-corrected chi connectivity index (χ0v) is 10.2. The van der Waals surface area contributed by atoms with Crippen LogP contribution in [0.4, 0.5) is 5.82 Å². The van der Waals surface area contributed by atoms with E-state index in [1.54, 1.807) is 6.20 Å². The van der Waals surface area contributed by atoms with Crippen molar-refractivity contribution in [3.8, 4) is 0 Å². The molecule has 0 aliphatic carbocycles. The Labute approximate surface area is 102 Å². The summed E-state index contributed by atoms with van der Waals surface area (Å²) in [5.74, 6) is 0.849. The Morgan fingerprint density at radius 3 is 2.94 bits per heavy atom. The quantitative estimate of drug-likeness (QED) is 0.478. The first kappa shape index (κ1) is 12.7. The number of hydrogen-bond acceptors (Lipinski definition) is 5. The lowest BCUT2D eigenvalue weighted by molar-refractivity contribution is 1.26. The molecule has 1 heterocycles. The summed E-state index contributed by atoms with van der Waals surface area (Å²) in [7, 11) is 2.83. The van der Waals surface area contributed by atoms with Crippen molar-refractivity contribution in [3.63, 3.8) is 0 Å². The van der Waals surface area contributed by atoms with E-state index in [0.29, 0.717) is 16.6 Å². The Hall–Kier alpha value is -1.40. The third-order valence-electron chi connectivity index (χ3n) is 1.55. The second-order valence-electron chi connectivity index (χ2n) is 2.67. The minimum atomic E-state index is 0.356. The van der Waals surface area contributed by atoms with Crippen LogP contribution in [-0.4, -0.2) is 10.8 Å². The number of nitrogens with two attached hydrogens (primary N) is 2. The van der Waals surface area contributed by atoms with Gasteiger partial charge in [0.1, 0.15) is 11.7 Å². The van der Waals surface area contributed by atoms with Crippen LogP contribution in [0.1, 0.15) is 0 Å². The van der Waals surface area contributed by atoms with Gasteiger partial charge in [-0.2, -0.15) is 0 Å². The fraction of sp³-hybridized carbons (Fsp3) is 0. The zero-order valence-electron chi connectivity index (χ0n) is 8.59. The molecule has 0 atom stereocenters. The number of anilines is 1. The zero-order chi connectivity index (χ0) is 12.0. The molecule has 1 rings (SSSR count). The monoisotopic (exact) mass is 252 g/mol. The summed E-state index contributed by atoms with van der Waals surface area (Å²) in [5.41, 5.74) is 11.3. The lowest BCUT2D eigenvalue weighted by Gasteiger charge is -2.04. The van der Waals surface area contributed by atoms with E-state index >= 15 is 0 Å². The number of nitrogen functional groups attached to an aromatic ring is 1. The molecule has 0 saturated carbocycles. The summed E-state index contributed by atoms with van der Waals surface area (Å²) in [6.45, 7) is 7.26. The molecule has 16 heavy (non-hydrogen) atoms. The fourth-order valence-corrected chi connectivity index (χ4v) is 2.63. The van der Waals surface area contributed by atoms with Crippen LogP contribution in [0.2, 0.25) is 0 Å². The van der Waals surface area contributed by atoms with Crippen LogP contribution in [-0.2, 0) is 0 Å². The summed E-state index contributed by atoms with van der Waals surface area (Å²) in [6, 6.07) is 3.71. The number of rotatable bonds is 5. The molecule has 0 unspecified atom stereocenters. The van der Waals surface area contributed by atoms with E-state index in [-0.39, 0.29) is 0 Å². The number of aromatic nitrogens is 1. The highest BCUT2D eigenvalue weighted by Crippen LogP contribution is 2.38. The van der Waals surface area contributed by atoms with E-state index in [1.165, 1.54) is 27.8 Å². The lowest BCUT2D eigenvalue weighted by Crippen LogP contribution is -2.10. The molecule has 6 heteroatoms. The second kappa shape index (κ2) is 6.24. The average Bonchev–Trinajstić information content (AvgIpc) is 2.28. The van der Waals surface area contributed by atoms with Crippen molar-refractivity contribution < 1.29 is 0 Å². The molecule has 4 nitrogen and oxygen atoms in total. The minimum Gasteiger partial charge on any atom is -0.383 e. The van der Waals surface area contributed by atoms with Gasteiger partial charge in [0.05, 0.1) is 9.80 Å². The second-order valence-corrected chi connectivity index (χ2v) is 4.94. The first-order valence-electron chi connectivity index (χ1n) is 4.33. The predicted molar refractivity (Wildman–Crippen MR) is 73.1 cm³/mol. The van der Waals surface area contributed by atoms with Gasteiger partial charge in [0, 0.05) is 12.4 Å². The van der Waals surface area contributed by atoms with Gasteiger partial charge in [0.2, 0.25) is 0 Å². The van der Waals surface area contributed by atoms with E-state index in [9.17, 15) is 0 Å². The van der Waals surface area contributed by atoms with E-state index in [0.717, 1.165) is 4.90 Å². The molecule has 0 amide bonds. The number of amidine groups is 1. The van der Waals surface area contributed by atoms with Crippen LogP contribution in [0.3, 0.4) is 0 Å². The molecule has 0 aromatic carbocycles. The van der Waals surface area contributed by atoms with Crippen molar-refractivity contribution in [2.24, 2.45) is 10.7 Å². The minimum absolute atomic E-state index is 0.356. The molecule has 4 N–H and O–H groups in total. The summed E-state index contributed by atoms with van der Waals surface area (Å²) in [5, 5.41) is 0. The highest BCUT2D eigenvalue weighted by molar-refractivity contribution is 8.78. The molecule has 0 aliphatic rings. The molecule has 0 saturated heterocycles. The molecular weight excluding hydrogens is 240 g/mol. The van der Waals surface area contributed by atoms with E-state index in [2.05, 4.69) is 23.1 Å². The molecular formula is C10H12N4S2. The molecule has 84 valence electrons. The largest absolute Gasteiger partial charge is 0.383 e. The van der Waals surface area contributed by atoms with Crippen molar-refractivity contribution in [3.05, 3.63) is 42.6 Å². The molecule has 0 radical (unpaired) electrons. The Bertz CT molecular complexity index is 429. The summed E-state index contributed by atoms with van der Waals surface area (Å²) in [6.07, 6.45) is 3.02. The number of pyridine rings is 1. The van der Waals surface area contributed by atoms with Crippen molar-refractivity contribution in [1.82, 2.24) is 4.98 Å². The van der Waals surface area contributed by atoms with Gasteiger partial charge in [0.25, 0.3) is 0 Å². The van der Waals surface area contributed by atoms with Crippen LogP contribution in [0, 0.1) is 0 Å². The average molecular weight is 252 g/mol. The van der Waals surface area contributed by atoms with Gasteiger partial charge >= 0.3 is 0 Å². The Kier molecular flexibility index (Phi) is 4.94. The SMILES string of the molecule is C=CN=C(N)C(=C)SSc1cccnc1N. The van der Waals surface area contributed by atoms with Gasteiger partial charge < -0.3 is 11.5 Å². The normalized spacial score (nSPS) is 11.1. The first-order chi connectivity index (χ1) is 7.65. The van der Waals surface area contributed by atoms with E-state index < -0.39 is 0 Å². The van der Waals surface area contributed by atoms with Crippen molar-refractivity contribution in [2.75, 3.05) is 5.73 Å². The standard InChI is InChI=1S/C10H12N4S2/c1-3-13-9(11)7(2)15-16-8-5-4-6-14-10(8)12/h3-6H,1-2H2,(H2,11,13)(H2,12,14). The molecule has 1 aromatic rings. The van der Waals surface area contributed by atoms with Crippen LogP contribution in [0.25, 0.3) is 0 Å². The van der Waals surface area contributed by atoms with E-state index in [1.807, 2.05) is 12.1 Å². The maximum Gasteiger partial charge on any atom is 0.137 e.